The van der Waals surface area contributed by atoms with E-state index in [-0.39, 0.29) is 17.5 Å². The van der Waals surface area contributed by atoms with Crippen LogP contribution in [0.15, 0.2) is 33.5 Å². The highest BCUT2D eigenvalue weighted by Gasteiger charge is 2.25. The van der Waals surface area contributed by atoms with E-state index in [0.717, 1.165) is 27.9 Å². The van der Waals surface area contributed by atoms with Gasteiger partial charge in [0.1, 0.15) is 9.84 Å². The second kappa shape index (κ2) is 6.78. The van der Waals surface area contributed by atoms with E-state index in [1.807, 2.05) is 23.6 Å². The molecule has 2 aromatic heterocycles. The van der Waals surface area contributed by atoms with Crippen molar-refractivity contribution in [2.75, 3.05) is 16.8 Å². The summed E-state index contributed by atoms with van der Waals surface area (Å²) in [4.78, 5) is 4.42. The minimum Gasteiger partial charge on any atom is -0.445 e. The number of hydrogen-bond donors (Lipinski definition) is 1. The van der Waals surface area contributed by atoms with Crippen molar-refractivity contribution in [2.24, 2.45) is 0 Å². The molecule has 1 aliphatic heterocycles. The van der Waals surface area contributed by atoms with Gasteiger partial charge in [-0.2, -0.15) is 0 Å². The maximum Gasteiger partial charge on any atom is 0.187 e. The molecule has 7 heteroatoms. The standard InChI is InChI=1S/C19H18N2O3S2/c1-2-4-17-18(16-11-25-12-20-16)14-5-3-6-15(19(14)24-17)21-13-7-9-26(22,23)10-8-13/h3,5-6,11-13,21H,7-10H2,1H3. The quantitative estimate of drug-likeness (QED) is 0.691. The molecule has 5 nitrogen and oxygen atoms in total. The molecule has 0 aliphatic carbocycles. The highest BCUT2D eigenvalue weighted by Crippen LogP contribution is 2.38. The molecule has 26 heavy (non-hydrogen) atoms. The van der Waals surface area contributed by atoms with Crippen molar-refractivity contribution in [3.8, 4) is 23.1 Å². The maximum absolute atomic E-state index is 11.6. The summed E-state index contributed by atoms with van der Waals surface area (Å²) in [6.07, 6.45) is 1.22. The first-order chi connectivity index (χ1) is 12.6. The van der Waals surface area contributed by atoms with E-state index in [0.29, 0.717) is 18.6 Å². The third-order valence-electron chi connectivity index (χ3n) is 4.56. The number of benzene rings is 1. The minimum atomic E-state index is -2.88. The number of nitrogens with one attached hydrogen (secondary N) is 1. The first-order valence-electron chi connectivity index (χ1n) is 8.41. The Morgan fingerprint density at radius 1 is 1.31 bits per heavy atom. The van der Waals surface area contributed by atoms with Crippen LogP contribution in [-0.2, 0) is 9.84 Å². The van der Waals surface area contributed by atoms with Crippen LogP contribution in [0.3, 0.4) is 0 Å². The molecule has 1 aromatic carbocycles. The predicted octanol–water partition coefficient (Wildman–Crippen LogP) is 3.92. The summed E-state index contributed by atoms with van der Waals surface area (Å²) in [6, 6.07) is 6.06. The van der Waals surface area contributed by atoms with Gasteiger partial charge in [0.05, 0.1) is 34.0 Å². The summed E-state index contributed by atoms with van der Waals surface area (Å²) < 4.78 is 29.4. The van der Waals surface area contributed by atoms with E-state index in [1.165, 1.54) is 11.3 Å². The Morgan fingerprint density at radius 2 is 2.12 bits per heavy atom. The molecule has 1 aliphatic rings. The zero-order chi connectivity index (χ0) is 18.1. The Labute approximate surface area is 156 Å². The van der Waals surface area contributed by atoms with Gasteiger partial charge < -0.3 is 9.73 Å². The number of furan rings is 1. The molecule has 4 rings (SSSR count). The molecular weight excluding hydrogens is 368 g/mol. The van der Waals surface area contributed by atoms with Gasteiger partial charge in [0, 0.05) is 16.8 Å². The fourth-order valence-electron chi connectivity index (χ4n) is 3.28. The molecule has 0 spiro atoms. The lowest BCUT2D eigenvalue weighted by atomic mass is 10.1. The summed E-state index contributed by atoms with van der Waals surface area (Å²) in [5.74, 6) is 7.01. The molecule has 0 atom stereocenters. The van der Waals surface area contributed by atoms with Crippen molar-refractivity contribution in [2.45, 2.75) is 25.8 Å². The number of aromatic nitrogens is 1. The van der Waals surface area contributed by atoms with Gasteiger partial charge >= 0.3 is 0 Å². The number of rotatable bonds is 3. The fraction of sp³-hybridized carbons (Fsp3) is 0.316. The van der Waals surface area contributed by atoms with Crippen LogP contribution in [0.2, 0.25) is 0 Å². The third-order valence-corrected chi connectivity index (χ3v) is 6.86. The van der Waals surface area contributed by atoms with Gasteiger partial charge in [0.25, 0.3) is 0 Å². The van der Waals surface area contributed by atoms with Gasteiger partial charge in [-0.15, -0.1) is 11.3 Å². The van der Waals surface area contributed by atoms with Crippen LogP contribution in [0.4, 0.5) is 5.69 Å². The van der Waals surface area contributed by atoms with Gasteiger partial charge in [-0.25, -0.2) is 13.4 Å². The molecule has 1 fully saturated rings. The van der Waals surface area contributed by atoms with Gasteiger partial charge in [-0.1, -0.05) is 18.1 Å². The Hall–Kier alpha value is -2.30. The Morgan fingerprint density at radius 3 is 2.81 bits per heavy atom. The lowest BCUT2D eigenvalue weighted by Crippen LogP contribution is -2.32. The van der Waals surface area contributed by atoms with Crippen molar-refractivity contribution in [1.82, 2.24) is 4.98 Å². The lowest BCUT2D eigenvalue weighted by molar-refractivity contribution is 0.558. The Kier molecular flexibility index (Phi) is 4.47. The number of anilines is 1. The molecule has 0 bridgehead atoms. The average molecular weight is 386 g/mol. The van der Waals surface area contributed by atoms with Crippen LogP contribution in [0.1, 0.15) is 25.5 Å². The topological polar surface area (TPSA) is 72.2 Å². The van der Waals surface area contributed by atoms with Crippen molar-refractivity contribution in [1.29, 1.82) is 0 Å². The molecule has 1 saturated heterocycles. The molecule has 134 valence electrons. The van der Waals surface area contributed by atoms with E-state index in [2.05, 4.69) is 22.1 Å². The van der Waals surface area contributed by atoms with E-state index in [4.69, 9.17) is 4.42 Å². The molecule has 0 saturated carbocycles. The van der Waals surface area contributed by atoms with Crippen LogP contribution in [0.5, 0.6) is 0 Å². The number of nitrogens with zero attached hydrogens (tertiary/aromatic N) is 1. The average Bonchev–Trinajstić information content (AvgIpc) is 3.24. The van der Waals surface area contributed by atoms with Gasteiger partial charge in [-0.3, -0.25) is 0 Å². The minimum absolute atomic E-state index is 0.123. The van der Waals surface area contributed by atoms with Gasteiger partial charge in [-0.05, 0) is 31.8 Å². The van der Waals surface area contributed by atoms with Crippen LogP contribution in [-0.4, -0.2) is 30.9 Å². The lowest BCUT2D eigenvalue weighted by Gasteiger charge is -2.24. The fourth-order valence-corrected chi connectivity index (χ4v) is 5.31. The molecular formula is C19H18N2O3S2. The summed E-state index contributed by atoms with van der Waals surface area (Å²) in [5, 5.41) is 6.41. The summed E-state index contributed by atoms with van der Waals surface area (Å²) >= 11 is 1.53. The molecule has 1 N–H and O–H groups in total. The molecule has 0 unspecified atom stereocenters. The summed E-state index contributed by atoms with van der Waals surface area (Å²) in [7, 11) is -2.88. The van der Waals surface area contributed by atoms with Crippen LogP contribution < -0.4 is 5.32 Å². The number of hydrogen-bond acceptors (Lipinski definition) is 6. The first-order valence-corrected chi connectivity index (χ1v) is 11.2. The largest absolute Gasteiger partial charge is 0.445 e. The zero-order valence-electron chi connectivity index (χ0n) is 14.3. The molecule has 3 heterocycles. The second-order valence-corrected chi connectivity index (χ2v) is 9.33. The van der Waals surface area contributed by atoms with E-state index >= 15 is 0 Å². The highest BCUT2D eigenvalue weighted by atomic mass is 32.2. The number of fused-ring (bicyclic) bond motifs is 1. The molecule has 0 radical (unpaired) electrons. The Bertz CT molecular complexity index is 1090. The van der Waals surface area contributed by atoms with Crippen molar-refractivity contribution >= 4 is 37.8 Å². The zero-order valence-corrected chi connectivity index (χ0v) is 15.9. The van der Waals surface area contributed by atoms with Crippen LogP contribution >= 0.6 is 11.3 Å². The normalized spacial score (nSPS) is 17.0. The third kappa shape index (κ3) is 3.22. The summed E-state index contributed by atoms with van der Waals surface area (Å²) in [6.45, 7) is 1.78. The predicted molar refractivity (Wildman–Crippen MR) is 105 cm³/mol. The maximum atomic E-state index is 11.6. The number of para-hydroxylation sites is 1. The second-order valence-electron chi connectivity index (χ2n) is 6.31. The number of thiazole rings is 1. The SMILES string of the molecule is CC#Cc1oc2c(NC3CCS(=O)(=O)CC3)cccc2c1-c1cscn1. The van der Waals surface area contributed by atoms with Crippen molar-refractivity contribution < 1.29 is 12.8 Å². The number of sulfone groups is 1. The van der Waals surface area contributed by atoms with E-state index < -0.39 is 9.84 Å². The Balaban J connectivity index is 1.75. The van der Waals surface area contributed by atoms with E-state index in [1.54, 1.807) is 12.4 Å². The monoisotopic (exact) mass is 386 g/mol. The van der Waals surface area contributed by atoms with Crippen LogP contribution in [0, 0.1) is 11.8 Å². The smallest absolute Gasteiger partial charge is 0.187 e. The highest BCUT2D eigenvalue weighted by molar-refractivity contribution is 7.91. The van der Waals surface area contributed by atoms with Crippen LogP contribution in [0.25, 0.3) is 22.2 Å². The molecule has 0 amide bonds. The summed E-state index contributed by atoms with van der Waals surface area (Å²) in [5.41, 5.74) is 5.16. The van der Waals surface area contributed by atoms with E-state index in [9.17, 15) is 8.42 Å². The van der Waals surface area contributed by atoms with Crippen molar-refractivity contribution in [3.05, 3.63) is 34.8 Å². The molecule has 3 aromatic rings. The van der Waals surface area contributed by atoms with Gasteiger partial charge in [0.2, 0.25) is 0 Å². The van der Waals surface area contributed by atoms with Gasteiger partial charge in [0.15, 0.2) is 11.3 Å². The van der Waals surface area contributed by atoms with Crippen molar-refractivity contribution in [3.63, 3.8) is 0 Å². The first kappa shape index (κ1) is 17.1.